The second-order valence-corrected chi connectivity index (χ2v) is 6.07. The number of carbonyl (C=O) groups is 2. The van der Waals surface area contributed by atoms with Gasteiger partial charge >= 0.3 is 5.97 Å². The normalized spacial score (nSPS) is 11.7. The van der Waals surface area contributed by atoms with Gasteiger partial charge in [0.25, 0.3) is 0 Å². The van der Waals surface area contributed by atoms with Gasteiger partial charge in [0.2, 0.25) is 5.78 Å². The Hall–Kier alpha value is -2.66. The van der Waals surface area contributed by atoms with Crippen LogP contribution >= 0.6 is 15.9 Å². The number of H-pyrrole nitrogens is 1. The first-order valence-electron chi connectivity index (χ1n) is 7.34. The van der Waals surface area contributed by atoms with Crippen LogP contribution in [-0.4, -0.2) is 16.7 Å². The van der Waals surface area contributed by atoms with E-state index in [0.29, 0.717) is 11.1 Å². The standard InChI is InChI=1S/C19H14BrNO3/c20-15-11-16(21-12-15)19(23)24-18(14-9-5-2-6-10-14)17(22)13-7-3-1-4-8-13/h1-12,18,21H/t18-/m1/s1. The molecule has 1 atom stereocenters. The van der Waals surface area contributed by atoms with Crippen LogP contribution in [0.2, 0.25) is 0 Å². The first-order valence-corrected chi connectivity index (χ1v) is 8.13. The topological polar surface area (TPSA) is 59.2 Å². The van der Waals surface area contributed by atoms with Crippen molar-refractivity contribution in [2.24, 2.45) is 0 Å². The quantitative estimate of drug-likeness (QED) is 0.518. The Morgan fingerprint density at radius 3 is 2.17 bits per heavy atom. The second-order valence-electron chi connectivity index (χ2n) is 5.16. The van der Waals surface area contributed by atoms with Crippen LogP contribution in [0.1, 0.15) is 32.5 Å². The SMILES string of the molecule is O=C(O[C@@H](C(=O)c1ccccc1)c1ccccc1)c1cc(Br)c[nH]1. The minimum absolute atomic E-state index is 0.263. The van der Waals surface area contributed by atoms with Gasteiger partial charge in [-0.3, -0.25) is 4.79 Å². The van der Waals surface area contributed by atoms with Gasteiger partial charge in [-0.25, -0.2) is 4.79 Å². The molecule has 0 saturated heterocycles. The van der Waals surface area contributed by atoms with E-state index in [1.54, 1.807) is 60.8 Å². The highest BCUT2D eigenvalue weighted by molar-refractivity contribution is 9.10. The van der Waals surface area contributed by atoms with Crippen molar-refractivity contribution in [3.63, 3.8) is 0 Å². The molecule has 0 unspecified atom stereocenters. The van der Waals surface area contributed by atoms with Crippen molar-refractivity contribution >= 4 is 27.7 Å². The lowest BCUT2D eigenvalue weighted by atomic mass is 10.00. The molecule has 5 heteroatoms. The van der Waals surface area contributed by atoms with E-state index >= 15 is 0 Å². The Balaban J connectivity index is 1.91. The van der Waals surface area contributed by atoms with E-state index in [1.165, 1.54) is 0 Å². The van der Waals surface area contributed by atoms with E-state index < -0.39 is 12.1 Å². The third-order valence-corrected chi connectivity index (χ3v) is 3.95. The molecule has 0 radical (unpaired) electrons. The Labute approximate surface area is 147 Å². The molecule has 0 spiro atoms. The summed E-state index contributed by atoms with van der Waals surface area (Å²) in [6.07, 6.45) is 0.635. The fourth-order valence-corrected chi connectivity index (χ4v) is 2.65. The molecule has 4 nitrogen and oxygen atoms in total. The molecule has 0 aliphatic carbocycles. The fourth-order valence-electron chi connectivity index (χ4n) is 2.31. The maximum atomic E-state index is 12.8. The molecular weight excluding hydrogens is 370 g/mol. The van der Waals surface area contributed by atoms with Gasteiger partial charge in [-0.15, -0.1) is 0 Å². The highest BCUT2D eigenvalue weighted by Crippen LogP contribution is 2.24. The first-order chi connectivity index (χ1) is 11.6. The minimum atomic E-state index is -0.997. The molecular formula is C19H14BrNO3. The van der Waals surface area contributed by atoms with Crippen molar-refractivity contribution in [1.82, 2.24) is 4.98 Å². The maximum Gasteiger partial charge on any atom is 0.355 e. The van der Waals surface area contributed by atoms with Crippen LogP contribution in [0.5, 0.6) is 0 Å². The number of benzene rings is 2. The van der Waals surface area contributed by atoms with Gasteiger partial charge < -0.3 is 9.72 Å². The zero-order chi connectivity index (χ0) is 16.9. The van der Waals surface area contributed by atoms with Gasteiger partial charge in [0.15, 0.2) is 6.10 Å². The molecule has 24 heavy (non-hydrogen) atoms. The molecule has 0 saturated carbocycles. The monoisotopic (exact) mass is 383 g/mol. The van der Waals surface area contributed by atoms with Crippen molar-refractivity contribution in [3.8, 4) is 0 Å². The van der Waals surface area contributed by atoms with E-state index in [-0.39, 0.29) is 11.5 Å². The van der Waals surface area contributed by atoms with Crippen molar-refractivity contribution in [3.05, 3.63) is 94.2 Å². The summed E-state index contributed by atoms with van der Waals surface area (Å²) < 4.78 is 6.25. The van der Waals surface area contributed by atoms with Crippen LogP contribution in [0.25, 0.3) is 0 Å². The zero-order valence-electron chi connectivity index (χ0n) is 12.6. The fraction of sp³-hybridized carbons (Fsp3) is 0.0526. The van der Waals surface area contributed by atoms with Crippen LogP contribution in [0.15, 0.2) is 77.4 Å². The number of Topliss-reactive ketones (excluding diaryl/α,β-unsaturated/α-hetero) is 1. The summed E-state index contributed by atoms with van der Waals surface area (Å²) in [4.78, 5) is 28.0. The van der Waals surface area contributed by atoms with Gasteiger partial charge in [-0.2, -0.15) is 0 Å². The minimum Gasteiger partial charge on any atom is -0.444 e. The molecule has 0 aliphatic rings. The molecule has 3 aromatic rings. The van der Waals surface area contributed by atoms with E-state index in [2.05, 4.69) is 20.9 Å². The van der Waals surface area contributed by atoms with Crippen LogP contribution in [0.4, 0.5) is 0 Å². The number of rotatable bonds is 5. The smallest absolute Gasteiger partial charge is 0.355 e. The molecule has 0 bridgehead atoms. The third kappa shape index (κ3) is 3.63. The van der Waals surface area contributed by atoms with E-state index in [0.717, 1.165) is 4.47 Å². The number of aromatic nitrogens is 1. The zero-order valence-corrected chi connectivity index (χ0v) is 14.2. The highest BCUT2D eigenvalue weighted by Gasteiger charge is 2.27. The van der Waals surface area contributed by atoms with Crippen LogP contribution < -0.4 is 0 Å². The number of nitrogens with one attached hydrogen (secondary N) is 1. The average molecular weight is 384 g/mol. The summed E-state index contributed by atoms with van der Waals surface area (Å²) in [7, 11) is 0. The van der Waals surface area contributed by atoms with Crippen molar-refractivity contribution in [2.45, 2.75) is 6.10 Å². The summed E-state index contributed by atoms with van der Waals surface area (Å²) in [6, 6.07) is 19.4. The Morgan fingerprint density at radius 1 is 0.958 bits per heavy atom. The molecule has 120 valence electrons. The van der Waals surface area contributed by atoms with Gasteiger partial charge in [0.1, 0.15) is 5.69 Å². The first kappa shape index (κ1) is 16.2. The number of aromatic amines is 1. The Morgan fingerprint density at radius 2 is 1.58 bits per heavy atom. The average Bonchev–Trinajstić information content (AvgIpc) is 3.07. The van der Waals surface area contributed by atoms with Crippen LogP contribution in [-0.2, 0) is 4.74 Å². The predicted molar refractivity (Wildman–Crippen MR) is 93.9 cm³/mol. The summed E-state index contributed by atoms with van der Waals surface area (Å²) in [5, 5.41) is 0. The number of hydrogen-bond acceptors (Lipinski definition) is 3. The van der Waals surface area contributed by atoms with Crippen molar-refractivity contribution in [1.29, 1.82) is 0 Å². The molecule has 2 aromatic carbocycles. The van der Waals surface area contributed by atoms with E-state index in [1.807, 2.05) is 12.1 Å². The number of carbonyl (C=O) groups excluding carboxylic acids is 2. The summed E-state index contributed by atoms with van der Waals surface area (Å²) in [5.74, 6) is -0.848. The second kappa shape index (κ2) is 7.27. The highest BCUT2D eigenvalue weighted by atomic mass is 79.9. The molecule has 0 fully saturated rings. The molecule has 0 aliphatic heterocycles. The largest absolute Gasteiger partial charge is 0.444 e. The lowest BCUT2D eigenvalue weighted by molar-refractivity contribution is 0.0275. The Bertz CT molecular complexity index is 843. The van der Waals surface area contributed by atoms with Crippen molar-refractivity contribution < 1.29 is 14.3 Å². The lowest BCUT2D eigenvalue weighted by Gasteiger charge is -2.17. The van der Waals surface area contributed by atoms with Crippen molar-refractivity contribution in [2.75, 3.05) is 0 Å². The molecule has 3 rings (SSSR count). The summed E-state index contributed by atoms with van der Waals surface area (Å²) in [5.41, 5.74) is 1.40. The lowest BCUT2D eigenvalue weighted by Crippen LogP contribution is -2.20. The van der Waals surface area contributed by atoms with E-state index in [9.17, 15) is 9.59 Å². The molecule has 1 N–H and O–H groups in total. The summed E-state index contributed by atoms with van der Waals surface area (Å²) >= 11 is 3.27. The van der Waals surface area contributed by atoms with Gasteiger partial charge in [0.05, 0.1) is 0 Å². The number of ether oxygens (including phenoxy) is 1. The van der Waals surface area contributed by atoms with Crippen LogP contribution in [0, 0.1) is 0 Å². The van der Waals surface area contributed by atoms with Gasteiger partial charge in [0, 0.05) is 21.8 Å². The number of esters is 1. The van der Waals surface area contributed by atoms with Crippen LogP contribution in [0.3, 0.4) is 0 Å². The van der Waals surface area contributed by atoms with E-state index in [4.69, 9.17) is 4.74 Å². The molecule has 0 amide bonds. The Kier molecular flexibility index (Phi) is 4.91. The van der Waals surface area contributed by atoms with Gasteiger partial charge in [-0.1, -0.05) is 60.7 Å². The number of halogens is 1. The maximum absolute atomic E-state index is 12.8. The van der Waals surface area contributed by atoms with Gasteiger partial charge in [-0.05, 0) is 22.0 Å². The number of ketones is 1. The summed E-state index contributed by atoms with van der Waals surface area (Å²) in [6.45, 7) is 0. The number of hydrogen-bond donors (Lipinski definition) is 1. The third-order valence-electron chi connectivity index (χ3n) is 3.49. The predicted octanol–water partition coefficient (Wildman–Crippen LogP) is 4.56. The molecule has 1 heterocycles. The molecule has 1 aromatic heterocycles.